The fourth-order valence-corrected chi connectivity index (χ4v) is 10.0. The molecule has 1 fully saturated rings. The van der Waals surface area contributed by atoms with Crippen LogP contribution in [-0.2, 0) is 54.9 Å². The molecule has 10 rings (SSSR count). The highest BCUT2D eigenvalue weighted by Crippen LogP contribution is 2.43. The molecule has 408 valence electrons. The molecule has 1 unspecified atom stereocenters. The molecule has 0 spiro atoms. The van der Waals surface area contributed by atoms with Crippen molar-refractivity contribution in [2.75, 3.05) is 62.1 Å². The second-order valence-corrected chi connectivity index (χ2v) is 19.1. The predicted octanol–water partition coefficient (Wildman–Crippen LogP) is 3.01. The molecule has 79 heavy (non-hydrogen) atoms. The van der Waals surface area contributed by atoms with E-state index in [1.165, 1.54) is 14.2 Å². The number of methoxy groups -OCH3 is 2. The Morgan fingerprint density at radius 3 is 1.94 bits per heavy atom. The van der Waals surface area contributed by atoms with E-state index >= 15 is 0 Å². The number of anilines is 3. The van der Waals surface area contributed by atoms with Crippen LogP contribution in [0.5, 0.6) is 23.0 Å². The monoisotopic (exact) mass is 1080 g/mol. The molecule has 7 amide bonds. The summed E-state index contributed by atoms with van der Waals surface area (Å²) in [6, 6.07) is 26.7. The van der Waals surface area contributed by atoms with Gasteiger partial charge in [0.1, 0.15) is 13.2 Å². The van der Waals surface area contributed by atoms with Gasteiger partial charge in [-0.1, -0.05) is 36.4 Å². The van der Waals surface area contributed by atoms with Crippen molar-refractivity contribution in [3.05, 3.63) is 130 Å². The van der Waals surface area contributed by atoms with Crippen LogP contribution >= 0.6 is 0 Å². The van der Waals surface area contributed by atoms with Crippen LogP contribution in [0.1, 0.15) is 72.6 Å². The summed E-state index contributed by atoms with van der Waals surface area (Å²) in [5, 5.41) is 23.5. The smallest absolute Gasteiger partial charge is 0.334 e. The quantitative estimate of drug-likeness (QED) is 0.0693. The number of nitrogens with one attached hydrogen (secondary N) is 5. The van der Waals surface area contributed by atoms with E-state index in [0.29, 0.717) is 69.6 Å². The highest BCUT2D eigenvalue weighted by molar-refractivity contribution is 6.15. The minimum atomic E-state index is -1.23. The number of aliphatic hydroxyl groups excluding tert-OH is 1. The largest absolute Gasteiger partial charge is 0.493 e. The molecule has 5 aromatic carbocycles. The predicted molar refractivity (Wildman–Crippen MR) is 283 cm³/mol. The summed E-state index contributed by atoms with van der Waals surface area (Å²) in [6.07, 6.45) is 1.70. The first-order chi connectivity index (χ1) is 38.2. The maximum absolute atomic E-state index is 14.1. The van der Waals surface area contributed by atoms with Gasteiger partial charge in [0.2, 0.25) is 17.7 Å². The van der Waals surface area contributed by atoms with Gasteiger partial charge in [-0.15, -0.1) is 5.06 Å². The summed E-state index contributed by atoms with van der Waals surface area (Å²) in [5.41, 5.74) is 6.67. The van der Waals surface area contributed by atoms with Gasteiger partial charge in [-0.05, 0) is 71.1 Å². The van der Waals surface area contributed by atoms with Crippen LogP contribution in [0.3, 0.4) is 0 Å². The molecule has 5 heterocycles. The van der Waals surface area contributed by atoms with Gasteiger partial charge in [-0.2, -0.15) is 0 Å². The zero-order valence-electron chi connectivity index (χ0n) is 43.0. The van der Waals surface area contributed by atoms with Crippen LogP contribution < -0.4 is 55.3 Å². The van der Waals surface area contributed by atoms with Crippen molar-refractivity contribution in [2.45, 2.75) is 63.6 Å². The lowest BCUT2D eigenvalue weighted by molar-refractivity contribution is -0.220. The molecule has 0 radical (unpaired) electrons. The van der Waals surface area contributed by atoms with Gasteiger partial charge in [0.05, 0.1) is 74.9 Å². The van der Waals surface area contributed by atoms with E-state index in [9.17, 15) is 43.5 Å². The van der Waals surface area contributed by atoms with Gasteiger partial charge < -0.3 is 60.4 Å². The minimum absolute atomic E-state index is 0.0356. The van der Waals surface area contributed by atoms with Crippen molar-refractivity contribution in [1.82, 2.24) is 26.3 Å². The molecular formula is C56H55N9O14. The molecule has 0 aliphatic carbocycles. The SMILES string of the molecule is COc1cc2c(cc1OCc1cc(COc3cc4c(cc3OC)C(=O)N3c5ccccc5C[C@H]3CN4)cc(C(=O)NCC(=O)NCC(=O)NCC(=O)NCCC(=O)ON3C(=O)CCC3O)c1)N=C[C@@H]1Cc3ccccc3N1C2=O. The summed E-state index contributed by atoms with van der Waals surface area (Å²) in [4.78, 5) is 116. The van der Waals surface area contributed by atoms with Gasteiger partial charge >= 0.3 is 5.97 Å². The summed E-state index contributed by atoms with van der Waals surface area (Å²) in [6.45, 7) is -1.43. The van der Waals surface area contributed by atoms with Crippen molar-refractivity contribution in [1.29, 1.82) is 0 Å². The maximum Gasteiger partial charge on any atom is 0.334 e. The molecule has 23 nitrogen and oxygen atoms in total. The molecule has 23 heteroatoms. The fraction of sp³-hybridized carbons (Fsp3) is 0.304. The normalized spacial score (nSPS) is 17.3. The van der Waals surface area contributed by atoms with Crippen molar-refractivity contribution >= 4 is 76.3 Å². The third-order valence-electron chi connectivity index (χ3n) is 13.9. The summed E-state index contributed by atoms with van der Waals surface area (Å²) < 4.78 is 24.2. The standard InChI is InChI=1S/C56H55N9O14/c1-75-44-20-38-40(58-24-36-18-33-7-3-5-9-42(33)63(36)55(38)73)22-46(44)77-29-31-15-32(30-78-47-23-41-39(21-45(47)76-2)56(74)64-37(25-59-41)19-34-8-4-6-10-43(34)64)17-35(16-31)54(72)62-28-50(68)61-27-49(67)60-26-48(66)57-14-13-53(71)79-65-51(69)11-12-52(65)70/h3-10,15-17,20-24,36-37,51,59,69H,11-14,18-19,25-30H2,1-2H3,(H,57,66)(H,60,67)(H,61,68)(H,62,72)/t36-,37-,51?/m0/s1. The van der Waals surface area contributed by atoms with E-state index in [0.717, 1.165) is 22.5 Å². The lowest BCUT2D eigenvalue weighted by Crippen LogP contribution is -2.44. The Morgan fingerprint density at radius 1 is 0.684 bits per heavy atom. The number of ether oxygens (including phenoxy) is 4. The Labute approximate surface area is 452 Å². The third-order valence-corrected chi connectivity index (χ3v) is 13.9. The zero-order valence-corrected chi connectivity index (χ0v) is 43.0. The number of nitrogens with zero attached hydrogens (tertiary/aromatic N) is 4. The van der Waals surface area contributed by atoms with Crippen LogP contribution in [0.2, 0.25) is 0 Å². The Kier molecular flexibility index (Phi) is 15.4. The number of carbonyl (C=O) groups excluding carboxylic acids is 8. The number of hydroxylamine groups is 2. The first-order valence-corrected chi connectivity index (χ1v) is 25.5. The van der Waals surface area contributed by atoms with Gasteiger partial charge in [0.15, 0.2) is 29.2 Å². The van der Waals surface area contributed by atoms with Crippen LogP contribution in [0, 0.1) is 0 Å². The van der Waals surface area contributed by atoms with Crippen molar-refractivity contribution in [2.24, 2.45) is 4.99 Å². The number of aliphatic imine (C=N–C) groups is 1. The minimum Gasteiger partial charge on any atom is -0.493 e. The molecule has 0 saturated carbocycles. The van der Waals surface area contributed by atoms with Gasteiger partial charge in [-0.3, -0.25) is 43.5 Å². The number of amides is 7. The van der Waals surface area contributed by atoms with Gasteiger partial charge in [0.25, 0.3) is 23.6 Å². The molecule has 5 aliphatic rings. The van der Waals surface area contributed by atoms with E-state index in [-0.39, 0.29) is 80.0 Å². The molecule has 6 N–H and O–H groups in total. The Bertz CT molecular complexity index is 3330. The van der Waals surface area contributed by atoms with Crippen LogP contribution in [0.25, 0.3) is 0 Å². The van der Waals surface area contributed by atoms with Crippen molar-refractivity contribution in [3.8, 4) is 23.0 Å². The van der Waals surface area contributed by atoms with Crippen LogP contribution in [0.4, 0.5) is 22.7 Å². The van der Waals surface area contributed by atoms with E-state index in [1.54, 1.807) is 53.6 Å². The number of benzene rings is 5. The molecule has 0 aromatic heterocycles. The molecule has 5 aliphatic heterocycles. The lowest BCUT2D eigenvalue weighted by atomic mass is 10.1. The lowest BCUT2D eigenvalue weighted by Gasteiger charge is -2.22. The second kappa shape index (κ2) is 23.0. The molecular weight excluding hydrogens is 1020 g/mol. The maximum atomic E-state index is 14.1. The average Bonchev–Trinajstić information content (AvgIpc) is 4.28. The van der Waals surface area contributed by atoms with Crippen molar-refractivity contribution in [3.63, 3.8) is 0 Å². The number of hydrogen-bond donors (Lipinski definition) is 6. The average molecular weight is 1080 g/mol. The molecule has 1 saturated heterocycles. The zero-order chi connectivity index (χ0) is 55.3. The number of rotatable bonds is 19. The van der Waals surface area contributed by atoms with Gasteiger partial charge in [0, 0.05) is 67.6 Å². The summed E-state index contributed by atoms with van der Waals surface area (Å²) >= 11 is 0. The van der Waals surface area contributed by atoms with Crippen LogP contribution in [-0.4, -0.2) is 129 Å². The Balaban J connectivity index is 0.800. The first kappa shape index (κ1) is 52.9. The Hall–Kier alpha value is -9.51. The Morgan fingerprint density at radius 2 is 1.28 bits per heavy atom. The molecule has 5 aromatic rings. The number of aliphatic hydroxyl groups is 1. The number of para-hydroxylation sites is 2. The first-order valence-electron chi connectivity index (χ1n) is 25.5. The summed E-state index contributed by atoms with van der Waals surface area (Å²) in [5.74, 6) is -3.37. The van der Waals surface area contributed by atoms with E-state index in [4.69, 9.17) is 28.8 Å². The number of fused-ring (bicyclic) bond motifs is 8. The van der Waals surface area contributed by atoms with Crippen LogP contribution in [0.15, 0.2) is 96.0 Å². The van der Waals surface area contributed by atoms with Crippen molar-refractivity contribution < 1.29 is 67.2 Å². The van der Waals surface area contributed by atoms with E-state index in [2.05, 4.69) is 26.6 Å². The van der Waals surface area contributed by atoms with E-state index in [1.807, 2.05) is 53.4 Å². The second-order valence-electron chi connectivity index (χ2n) is 19.1. The topological polar surface area (TPSA) is 285 Å². The number of carbonyl (C=O) groups is 8. The molecule has 0 bridgehead atoms. The van der Waals surface area contributed by atoms with E-state index < -0.39 is 61.4 Å². The third kappa shape index (κ3) is 11.5. The summed E-state index contributed by atoms with van der Waals surface area (Å²) in [7, 11) is 2.93. The van der Waals surface area contributed by atoms with Gasteiger partial charge in [-0.25, -0.2) is 4.79 Å². The number of hydrogen-bond acceptors (Lipinski definition) is 16. The highest BCUT2D eigenvalue weighted by atomic mass is 16.7. The highest BCUT2D eigenvalue weighted by Gasteiger charge is 2.39. The fourth-order valence-electron chi connectivity index (χ4n) is 10.0. The molecule has 3 atom stereocenters.